The largest absolute Gasteiger partial charge is 0.469 e. The third kappa shape index (κ3) is 7.43. The Balaban J connectivity index is 2.90. The summed E-state index contributed by atoms with van der Waals surface area (Å²) >= 11 is 0. The SMILES string of the molecule is COC(=O)CC[C@H](NC(=O)[C@H](Cc1ccccc1F)NC(C)=O)C(=O)OC. The smallest absolute Gasteiger partial charge is 0.328 e. The molecule has 0 aliphatic carbocycles. The minimum absolute atomic E-state index is 0.0441. The van der Waals surface area contributed by atoms with E-state index in [-0.39, 0.29) is 24.8 Å². The van der Waals surface area contributed by atoms with E-state index in [0.29, 0.717) is 0 Å². The Morgan fingerprint density at radius 2 is 1.70 bits per heavy atom. The molecule has 0 unspecified atom stereocenters. The molecule has 27 heavy (non-hydrogen) atoms. The fourth-order valence-corrected chi connectivity index (χ4v) is 2.37. The van der Waals surface area contributed by atoms with E-state index in [2.05, 4.69) is 20.1 Å². The van der Waals surface area contributed by atoms with Crippen LogP contribution < -0.4 is 10.6 Å². The van der Waals surface area contributed by atoms with Crippen LogP contribution >= 0.6 is 0 Å². The Bertz CT molecular complexity index is 694. The van der Waals surface area contributed by atoms with Crippen LogP contribution in [0.4, 0.5) is 4.39 Å². The molecule has 1 aromatic carbocycles. The molecule has 0 saturated carbocycles. The molecule has 1 rings (SSSR count). The van der Waals surface area contributed by atoms with Gasteiger partial charge in [0.2, 0.25) is 11.8 Å². The van der Waals surface area contributed by atoms with E-state index < -0.39 is 41.7 Å². The zero-order valence-electron chi connectivity index (χ0n) is 15.4. The van der Waals surface area contributed by atoms with Crippen molar-refractivity contribution in [2.45, 2.75) is 38.3 Å². The van der Waals surface area contributed by atoms with Gasteiger partial charge in [0.15, 0.2) is 0 Å². The molecule has 0 saturated heterocycles. The first-order valence-electron chi connectivity index (χ1n) is 8.24. The number of hydrogen-bond donors (Lipinski definition) is 2. The van der Waals surface area contributed by atoms with Gasteiger partial charge in [0.25, 0.3) is 0 Å². The summed E-state index contributed by atoms with van der Waals surface area (Å²) in [5, 5.41) is 4.87. The summed E-state index contributed by atoms with van der Waals surface area (Å²) in [6.45, 7) is 1.22. The lowest BCUT2D eigenvalue weighted by Crippen LogP contribution is -2.52. The molecule has 0 fully saturated rings. The minimum atomic E-state index is -1.11. The van der Waals surface area contributed by atoms with Gasteiger partial charge in [0, 0.05) is 19.8 Å². The molecule has 0 aliphatic heterocycles. The number of halogens is 1. The lowest BCUT2D eigenvalue weighted by Gasteiger charge is -2.22. The molecule has 2 amide bonds. The molecule has 0 spiro atoms. The highest BCUT2D eigenvalue weighted by Crippen LogP contribution is 2.10. The molecule has 0 radical (unpaired) electrons. The van der Waals surface area contributed by atoms with Crippen LogP contribution in [0.2, 0.25) is 0 Å². The highest BCUT2D eigenvalue weighted by molar-refractivity contribution is 5.90. The Kier molecular flexibility index (Phi) is 8.91. The summed E-state index contributed by atoms with van der Waals surface area (Å²) in [5.41, 5.74) is 0.232. The molecule has 2 atom stereocenters. The van der Waals surface area contributed by atoms with Crippen molar-refractivity contribution >= 4 is 23.8 Å². The topological polar surface area (TPSA) is 111 Å². The van der Waals surface area contributed by atoms with E-state index in [9.17, 15) is 23.6 Å². The quantitative estimate of drug-likeness (QED) is 0.601. The van der Waals surface area contributed by atoms with E-state index >= 15 is 0 Å². The number of esters is 2. The summed E-state index contributed by atoms with van der Waals surface area (Å²) in [4.78, 5) is 47.1. The van der Waals surface area contributed by atoms with Crippen molar-refractivity contribution < 1.29 is 33.0 Å². The normalized spacial score (nSPS) is 12.4. The van der Waals surface area contributed by atoms with Gasteiger partial charge >= 0.3 is 11.9 Å². The first-order chi connectivity index (χ1) is 12.8. The number of hydrogen-bond acceptors (Lipinski definition) is 6. The number of nitrogens with one attached hydrogen (secondary N) is 2. The predicted molar refractivity (Wildman–Crippen MR) is 92.9 cm³/mol. The van der Waals surface area contributed by atoms with E-state index in [0.717, 1.165) is 7.11 Å². The number of benzene rings is 1. The van der Waals surface area contributed by atoms with Gasteiger partial charge in [-0.1, -0.05) is 18.2 Å². The van der Waals surface area contributed by atoms with Gasteiger partial charge in [-0.15, -0.1) is 0 Å². The van der Waals surface area contributed by atoms with Crippen LogP contribution in [0.3, 0.4) is 0 Å². The van der Waals surface area contributed by atoms with Gasteiger partial charge in [0.1, 0.15) is 17.9 Å². The highest BCUT2D eigenvalue weighted by Gasteiger charge is 2.28. The number of ether oxygens (including phenoxy) is 2. The lowest BCUT2D eigenvalue weighted by molar-refractivity contribution is -0.146. The summed E-state index contributed by atoms with van der Waals surface area (Å²) in [6, 6.07) is 3.63. The van der Waals surface area contributed by atoms with Crippen LogP contribution in [-0.2, 0) is 35.1 Å². The van der Waals surface area contributed by atoms with Crippen molar-refractivity contribution in [3.63, 3.8) is 0 Å². The summed E-state index contributed by atoms with van der Waals surface area (Å²) in [6.07, 6.45) is -0.269. The first-order valence-corrected chi connectivity index (χ1v) is 8.24. The van der Waals surface area contributed by atoms with Crippen LogP contribution in [-0.4, -0.2) is 50.1 Å². The van der Waals surface area contributed by atoms with Gasteiger partial charge in [-0.25, -0.2) is 9.18 Å². The predicted octanol–water partition coefficient (Wildman–Crippen LogP) is 0.484. The van der Waals surface area contributed by atoms with Crippen LogP contribution in [0.5, 0.6) is 0 Å². The number of carbonyl (C=O) groups is 4. The van der Waals surface area contributed by atoms with Crippen molar-refractivity contribution in [1.82, 2.24) is 10.6 Å². The molecule has 0 aliphatic rings. The zero-order chi connectivity index (χ0) is 20.4. The zero-order valence-corrected chi connectivity index (χ0v) is 15.4. The molecular weight excluding hydrogens is 359 g/mol. The van der Waals surface area contributed by atoms with Crippen molar-refractivity contribution in [1.29, 1.82) is 0 Å². The maximum Gasteiger partial charge on any atom is 0.328 e. The van der Waals surface area contributed by atoms with Crippen molar-refractivity contribution in [2.24, 2.45) is 0 Å². The number of methoxy groups -OCH3 is 2. The van der Waals surface area contributed by atoms with Gasteiger partial charge in [-0.05, 0) is 18.1 Å². The number of amides is 2. The molecule has 0 heterocycles. The minimum Gasteiger partial charge on any atom is -0.469 e. The Hall–Kier alpha value is -2.97. The average molecular weight is 382 g/mol. The van der Waals surface area contributed by atoms with Crippen molar-refractivity contribution in [3.8, 4) is 0 Å². The summed E-state index contributed by atoms with van der Waals surface area (Å²) in [7, 11) is 2.35. The van der Waals surface area contributed by atoms with Gasteiger partial charge in [0.05, 0.1) is 14.2 Å². The number of rotatable bonds is 9. The summed E-state index contributed by atoms with van der Waals surface area (Å²) in [5.74, 6) is -3.01. The second kappa shape index (κ2) is 10.9. The Morgan fingerprint density at radius 1 is 1.04 bits per heavy atom. The molecule has 148 valence electrons. The van der Waals surface area contributed by atoms with E-state index in [1.165, 1.54) is 32.2 Å². The van der Waals surface area contributed by atoms with Crippen molar-refractivity contribution in [2.75, 3.05) is 14.2 Å². The van der Waals surface area contributed by atoms with E-state index in [1.807, 2.05) is 0 Å². The molecule has 1 aromatic rings. The van der Waals surface area contributed by atoms with Crippen LogP contribution in [0.25, 0.3) is 0 Å². The number of carbonyl (C=O) groups excluding carboxylic acids is 4. The van der Waals surface area contributed by atoms with Gasteiger partial charge < -0.3 is 20.1 Å². The maximum atomic E-state index is 13.9. The average Bonchev–Trinajstić information content (AvgIpc) is 2.64. The molecule has 8 nitrogen and oxygen atoms in total. The standard InChI is InChI=1S/C18H23FN2O6/c1-11(22)20-15(10-12-6-4-5-7-13(12)19)17(24)21-14(18(25)27-3)8-9-16(23)26-2/h4-7,14-15H,8-10H2,1-3H3,(H,20,22)(H,21,24)/t14-,15-/m0/s1. The monoisotopic (exact) mass is 382 g/mol. The van der Waals surface area contributed by atoms with E-state index in [1.54, 1.807) is 6.07 Å². The van der Waals surface area contributed by atoms with Gasteiger partial charge in [-0.2, -0.15) is 0 Å². The van der Waals surface area contributed by atoms with Crippen LogP contribution in [0.15, 0.2) is 24.3 Å². The van der Waals surface area contributed by atoms with Gasteiger partial charge in [-0.3, -0.25) is 14.4 Å². The third-order valence-corrected chi connectivity index (χ3v) is 3.74. The highest BCUT2D eigenvalue weighted by atomic mass is 19.1. The van der Waals surface area contributed by atoms with Crippen molar-refractivity contribution in [3.05, 3.63) is 35.6 Å². The van der Waals surface area contributed by atoms with Crippen LogP contribution in [0, 0.1) is 5.82 Å². The molecular formula is C18H23FN2O6. The molecule has 2 N–H and O–H groups in total. The van der Waals surface area contributed by atoms with E-state index in [4.69, 9.17) is 0 Å². The molecule has 0 bridgehead atoms. The first kappa shape index (κ1) is 22.1. The second-order valence-electron chi connectivity index (χ2n) is 5.75. The van der Waals surface area contributed by atoms with Crippen LogP contribution in [0.1, 0.15) is 25.3 Å². The third-order valence-electron chi connectivity index (χ3n) is 3.74. The fourth-order valence-electron chi connectivity index (χ4n) is 2.37. The Labute approximate surface area is 156 Å². The summed E-state index contributed by atoms with van der Waals surface area (Å²) < 4.78 is 23.0. The fraction of sp³-hybridized carbons (Fsp3) is 0.444. The molecule has 0 aromatic heterocycles. The maximum absolute atomic E-state index is 13.9. The Morgan fingerprint density at radius 3 is 2.26 bits per heavy atom. The second-order valence-corrected chi connectivity index (χ2v) is 5.75. The lowest BCUT2D eigenvalue weighted by atomic mass is 10.0. The molecule has 9 heteroatoms.